The van der Waals surface area contributed by atoms with Gasteiger partial charge in [-0.05, 0) is 86.4 Å². The standard InChI is InChI=1S/C28H30FN3O3/c1-34-28(33)19-4-2-17(3-5-19)26-23-15-24-20(16-30-31-24)14-25(23)32(22-8-6-21(29)7-9-22)27(26)18-10-12-35-13-11-18/h6-9,14-19H,2-5,10-13H2,1H3,(H,30,31). The van der Waals surface area contributed by atoms with Gasteiger partial charge in [0.1, 0.15) is 5.82 Å². The lowest BCUT2D eigenvalue weighted by Crippen LogP contribution is -2.23. The fraction of sp³-hybridized carbons (Fsp3) is 0.429. The van der Waals surface area contributed by atoms with Crippen LogP contribution in [0.1, 0.15) is 61.6 Å². The van der Waals surface area contributed by atoms with Crippen molar-refractivity contribution in [3.8, 4) is 5.69 Å². The van der Waals surface area contributed by atoms with Gasteiger partial charge in [0.25, 0.3) is 0 Å². The molecule has 0 radical (unpaired) electrons. The third-order valence-electron chi connectivity index (χ3n) is 7.97. The van der Waals surface area contributed by atoms with Gasteiger partial charge in [0, 0.05) is 41.3 Å². The van der Waals surface area contributed by atoms with E-state index < -0.39 is 0 Å². The monoisotopic (exact) mass is 475 g/mol. The molecule has 0 unspecified atom stereocenters. The quantitative estimate of drug-likeness (QED) is 0.368. The van der Waals surface area contributed by atoms with Gasteiger partial charge >= 0.3 is 5.97 Å². The third-order valence-corrected chi connectivity index (χ3v) is 7.97. The predicted molar refractivity (Wildman–Crippen MR) is 132 cm³/mol. The Kier molecular flexibility index (Phi) is 5.80. The fourth-order valence-electron chi connectivity index (χ4n) is 6.22. The molecule has 0 atom stereocenters. The molecular weight excluding hydrogens is 445 g/mol. The Morgan fingerprint density at radius 3 is 2.51 bits per heavy atom. The number of hydrogen-bond donors (Lipinski definition) is 1. The number of nitrogens with one attached hydrogen (secondary N) is 1. The molecule has 3 heterocycles. The van der Waals surface area contributed by atoms with Gasteiger partial charge in [0.05, 0.1) is 30.3 Å². The van der Waals surface area contributed by atoms with Crippen LogP contribution < -0.4 is 0 Å². The lowest BCUT2D eigenvalue weighted by molar-refractivity contribution is -0.146. The van der Waals surface area contributed by atoms with E-state index in [0.717, 1.165) is 73.8 Å². The number of aromatic amines is 1. The average Bonchev–Trinajstić information content (AvgIpc) is 3.50. The second kappa shape index (κ2) is 9.11. The SMILES string of the molecule is COC(=O)C1CCC(c2c(C3CCOCC3)n(-c3ccc(F)cc3)c3cc4cn[nH]c4cc23)CC1. The molecule has 182 valence electrons. The van der Waals surface area contributed by atoms with Crippen molar-refractivity contribution in [1.82, 2.24) is 14.8 Å². The van der Waals surface area contributed by atoms with Crippen molar-refractivity contribution in [2.24, 2.45) is 5.92 Å². The number of nitrogens with zero attached hydrogens (tertiary/aromatic N) is 2. The van der Waals surface area contributed by atoms with Crippen LogP contribution in [0, 0.1) is 11.7 Å². The molecule has 35 heavy (non-hydrogen) atoms. The Balaban J connectivity index is 1.57. The summed E-state index contributed by atoms with van der Waals surface area (Å²) in [6.45, 7) is 1.49. The summed E-state index contributed by atoms with van der Waals surface area (Å²) in [5, 5.41) is 9.67. The van der Waals surface area contributed by atoms with Gasteiger partial charge in [-0.3, -0.25) is 9.89 Å². The highest BCUT2D eigenvalue weighted by Crippen LogP contribution is 2.47. The number of carbonyl (C=O) groups is 1. The molecule has 1 N–H and O–H groups in total. The number of benzene rings is 2. The number of hydrogen-bond acceptors (Lipinski definition) is 4. The van der Waals surface area contributed by atoms with Crippen molar-refractivity contribution in [3.63, 3.8) is 0 Å². The zero-order chi connectivity index (χ0) is 23.9. The van der Waals surface area contributed by atoms with E-state index in [1.165, 1.54) is 35.9 Å². The van der Waals surface area contributed by atoms with Gasteiger partial charge in [-0.25, -0.2) is 4.39 Å². The van der Waals surface area contributed by atoms with Gasteiger partial charge in [-0.1, -0.05) is 0 Å². The normalized spacial score (nSPS) is 21.5. The van der Waals surface area contributed by atoms with Crippen molar-refractivity contribution < 1.29 is 18.7 Å². The number of halogens is 1. The first-order valence-corrected chi connectivity index (χ1v) is 12.6. The van der Waals surface area contributed by atoms with Gasteiger partial charge < -0.3 is 14.0 Å². The zero-order valence-corrected chi connectivity index (χ0v) is 19.9. The van der Waals surface area contributed by atoms with Crippen LogP contribution in [-0.2, 0) is 14.3 Å². The summed E-state index contributed by atoms with van der Waals surface area (Å²) >= 11 is 0. The molecule has 7 heteroatoms. The summed E-state index contributed by atoms with van der Waals surface area (Å²) in [6, 6.07) is 11.2. The van der Waals surface area contributed by atoms with Crippen LogP contribution in [0.3, 0.4) is 0 Å². The topological polar surface area (TPSA) is 69.1 Å². The van der Waals surface area contributed by atoms with E-state index in [0.29, 0.717) is 11.8 Å². The second-order valence-corrected chi connectivity index (χ2v) is 9.90. The minimum Gasteiger partial charge on any atom is -0.469 e. The molecule has 0 amide bonds. The lowest BCUT2D eigenvalue weighted by atomic mass is 9.76. The lowest BCUT2D eigenvalue weighted by Gasteiger charge is -2.31. The van der Waals surface area contributed by atoms with E-state index in [-0.39, 0.29) is 17.7 Å². The summed E-state index contributed by atoms with van der Waals surface area (Å²) in [5.41, 5.74) is 5.79. The van der Waals surface area contributed by atoms with E-state index in [4.69, 9.17) is 9.47 Å². The van der Waals surface area contributed by atoms with Crippen molar-refractivity contribution >= 4 is 27.8 Å². The fourth-order valence-corrected chi connectivity index (χ4v) is 6.22. The van der Waals surface area contributed by atoms with E-state index in [9.17, 15) is 9.18 Å². The largest absolute Gasteiger partial charge is 0.469 e. The van der Waals surface area contributed by atoms with Crippen LogP contribution in [0.15, 0.2) is 42.6 Å². The minimum absolute atomic E-state index is 0.0208. The molecule has 2 aromatic carbocycles. The average molecular weight is 476 g/mol. The molecule has 4 aromatic rings. The van der Waals surface area contributed by atoms with Crippen LogP contribution in [-0.4, -0.2) is 41.1 Å². The molecule has 0 bridgehead atoms. The molecule has 1 saturated carbocycles. The minimum atomic E-state index is -0.239. The molecule has 6 nitrogen and oxygen atoms in total. The van der Waals surface area contributed by atoms with E-state index in [1.807, 2.05) is 18.3 Å². The van der Waals surface area contributed by atoms with Gasteiger partial charge in [-0.2, -0.15) is 5.10 Å². The predicted octanol–water partition coefficient (Wildman–Crippen LogP) is 5.99. The van der Waals surface area contributed by atoms with Crippen LogP contribution in [0.2, 0.25) is 0 Å². The van der Waals surface area contributed by atoms with Crippen LogP contribution in [0.5, 0.6) is 0 Å². The first-order chi connectivity index (χ1) is 17.1. The number of H-pyrrole nitrogens is 1. The van der Waals surface area contributed by atoms with Crippen molar-refractivity contribution in [3.05, 3.63) is 59.7 Å². The number of rotatable bonds is 4. The highest BCUT2D eigenvalue weighted by Gasteiger charge is 2.34. The summed E-state index contributed by atoms with van der Waals surface area (Å²) in [7, 11) is 1.48. The van der Waals surface area contributed by atoms with E-state index >= 15 is 0 Å². The summed E-state index contributed by atoms with van der Waals surface area (Å²) in [5.74, 6) is 0.342. The number of fused-ring (bicyclic) bond motifs is 2. The molecule has 2 aliphatic rings. The molecule has 1 aliphatic carbocycles. The molecule has 6 rings (SSSR count). The van der Waals surface area contributed by atoms with Gasteiger partial charge in [-0.15, -0.1) is 0 Å². The Morgan fingerprint density at radius 2 is 1.80 bits per heavy atom. The maximum atomic E-state index is 13.9. The third kappa shape index (κ3) is 3.92. The van der Waals surface area contributed by atoms with Crippen molar-refractivity contribution in [1.29, 1.82) is 0 Å². The highest BCUT2D eigenvalue weighted by atomic mass is 19.1. The molecule has 2 fully saturated rings. The first kappa shape index (κ1) is 22.3. The van der Waals surface area contributed by atoms with Crippen LogP contribution in [0.25, 0.3) is 27.5 Å². The molecule has 1 saturated heterocycles. The highest BCUT2D eigenvalue weighted by molar-refractivity contribution is 5.99. The molecule has 1 aliphatic heterocycles. The maximum absolute atomic E-state index is 13.9. The maximum Gasteiger partial charge on any atom is 0.308 e. The number of aromatic nitrogens is 3. The Bertz CT molecular complexity index is 1360. The Labute approximate surface area is 203 Å². The molecule has 0 spiro atoms. The van der Waals surface area contributed by atoms with Gasteiger partial charge in [0.15, 0.2) is 0 Å². The summed E-state index contributed by atoms with van der Waals surface area (Å²) in [6.07, 6.45) is 7.33. The van der Waals surface area contributed by atoms with Crippen LogP contribution in [0.4, 0.5) is 4.39 Å². The Morgan fingerprint density at radius 1 is 1.06 bits per heavy atom. The number of ether oxygens (including phenoxy) is 2. The smallest absolute Gasteiger partial charge is 0.308 e. The number of carbonyl (C=O) groups excluding carboxylic acids is 1. The zero-order valence-electron chi connectivity index (χ0n) is 19.9. The van der Waals surface area contributed by atoms with Gasteiger partial charge in [0.2, 0.25) is 0 Å². The number of esters is 1. The summed E-state index contributed by atoms with van der Waals surface area (Å²) < 4.78 is 27.0. The van der Waals surface area contributed by atoms with E-state index in [2.05, 4.69) is 26.9 Å². The molecule has 2 aromatic heterocycles. The first-order valence-electron chi connectivity index (χ1n) is 12.6. The summed E-state index contributed by atoms with van der Waals surface area (Å²) in [4.78, 5) is 12.2. The number of methoxy groups -OCH3 is 1. The van der Waals surface area contributed by atoms with Crippen LogP contribution >= 0.6 is 0 Å². The second-order valence-electron chi connectivity index (χ2n) is 9.90. The van der Waals surface area contributed by atoms with E-state index in [1.54, 1.807) is 0 Å². The van der Waals surface area contributed by atoms with Crippen molar-refractivity contribution in [2.75, 3.05) is 20.3 Å². The molecular formula is C28H30FN3O3. The Hall–Kier alpha value is -3.19. The van der Waals surface area contributed by atoms with Crippen molar-refractivity contribution in [2.45, 2.75) is 50.4 Å².